The first-order valence-electron chi connectivity index (χ1n) is 7.73. The second-order valence-electron chi connectivity index (χ2n) is 8.81. The highest BCUT2D eigenvalue weighted by Crippen LogP contribution is 2.33. The van der Waals surface area contributed by atoms with E-state index in [-0.39, 0.29) is 0 Å². The van der Waals surface area contributed by atoms with Gasteiger partial charge in [0.15, 0.2) is 0 Å². The summed E-state index contributed by atoms with van der Waals surface area (Å²) in [7, 11) is -3.92. The number of allylic oxidation sites excluding steroid dienone is 1. The molecule has 0 fully saturated rings. The van der Waals surface area contributed by atoms with Crippen LogP contribution >= 0.6 is 0 Å². The van der Waals surface area contributed by atoms with Gasteiger partial charge in [0.25, 0.3) is 0 Å². The minimum atomic E-state index is -1.31. The van der Waals surface area contributed by atoms with Crippen LogP contribution in [0.3, 0.4) is 0 Å². The average molecular weight is 316 g/mol. The number of hydrogen-bond donors (Lipinski definition) is 0. The highest BCUT2D eigenvalue weighted by Gasteiger charge is 2.40. The first kappa shape index (κ1) is 19.2. The van der Waals surface area contributed by atoms with Crippen molar-refractivity contribution in [2.75, 3.05) is 0 Å². The van der Waals surface area contributed by atoms with E-state index in [1.54, 1.807) is 10.9 Å². The first-order valence-corrected chi connectivity index (χ1v) is 18.1. The van der Waals surface area contributed by atoms with E-state index in [2.05, 4.69) is 77.0 Å². The van der Waals surface area contributed by atoms with Crippen LogP contribution in [-0.2, 0) is 0 Å². The van der Waals surface area contributed by atoms with Crippen molar-refractivity contribution in [3.8, 4) is 0 Å². The summed E-state index contributed by atoms with van der Waals surface area (Å²) < 4.78 is 2.97. The van der Waals surface area contributed by atoms with E-state index >= 15 is 0 Å². The minimum Gasteiger partial charge on any atom is -0.432 e. The molecule has 0 saturated heterocycles. The molecule has 0 aliphatic rings. The van der Waals surface area contributed by atoms with Gasteiger partial charge in [0.1, 0.15) is 16.5 Å². The van der Waals surface area contributed by atoms with E-state index in [1.807, 2.05) is 0 Å². The van der Waals surface area contributed by atoms with Crippen LogP contribution < -0.4 is 0 Å². The van der Waals surface area contributed by atoms with Crippen molar-refractivity contribution in [2.45, 2.75) is 85.6 Å². The molecule has 0 aromatic heterocycles. The Morgan fingerprint density at radius 2 is 1.16 bits per heavy atom. The van der Waals surface area contributed by atoms with Gasteiger partial charge in [0.05, 0.1) is 8.07 Å². The van der Waals surface area contributed by atoms with Crippen LogP contribution in [0.1, 0.15) is 26.7 Å². The Balaban J connectivity index is 6.03. The molecule has 0 amide bonds. The smallest absolute Gasteiger partial charge is 0.137 e. The summed E-state index contributed by atoms with van der Waals surface area (Å²) in [5.41, 5.74) is 1.67. The maximum atomic E-state index is 2.97. The van der Waals surface area contributed by atoms with Crippen molar-refractivity contribution in [1.82, 2.24) is 4.23 Å². The molecule has 0 aromatic carbocycles. The van der Waals surface area contributed by atoms with Crippen LogP contribution in [-0.4, -0.2) is 28.8 Å². The monoisotopic (exact) mass is 315 g/mol. The minimum absolute atomic E-state index is 1.27. The van der Waals surface area contributed by atoms with Gasteiger partial charge < -0.3 is 4.23 Å². The van der Waals surface area contributed by atoms with Gasteiger partial charge >= 0.3 is 0 Å². The van der Waals surface area contributed by atoms with Crippen LogP contribution in [0.4, 0.5) is 0 Å². The third kappa shape index (κ3) is 5.60. The maximum Gasteiger partial charge on any atom is 0.137 e. The molecule has 0 spiro atoms. The third-order valence-corrected chi connectivity index (χ3v) is 13.0. The number of rotatable bonds is 6. The van der Waals surface area contributed by atoms with Crippen LogP contribution in [0.25, 0.3) is 0 Å². The van der Waals surface area contributed by atoms with E-state index in [0.717, 1.165) is 0 Å². The number of hydrogen-bond acceptors (Lipinski definition) is 1. The van der Waals surface area contributed by atoms with Crippen molar-refractivity contribution < 1.29 is 0 Å². The maximum absolute atomic E-state index is 2.97. The lowest BCUT2D eigenvalue weighted by molar-refractivity contribution is 0.759. The number of nitrogens with zero attached hydrogens (tertiary/aromatic N) is 1. The van der Waals surface area contributed by atoms with E-state index in [9.17, 15) is 0 Å². The summed E-state index contributed by atoms with van der Waals surface area (Å²) in [5.74, 6) is 0. The normalized spacial score (nSPS) is 15.3. The fourth-order valence-corrected chi connectivity index (χ4v) is 19.2. The Bertz CT molecular complexity index is 313. The summed E-state index contributed by atoms with van der Waals surface area (Å²) in [4.78, 5) is 0. The topological polar surface area (TPSA) is 3.24 Å². The first-order chi connectivity index (χ1) is 8.23. The largest absolute Gasteiger partial charge is 0.432 e. The molecule has 19 heavy (non-hydrogen) atoms. The highest BCUT2D eigenvalue weighted by molar-refractivity contribution is 6.94. The highest BCUT2D eigenvalue weighted by atomic mass is 28.4. The molecule has 0 aliphatic heterocycles. The predicted molar refractivity (Wildman–Crippen MR) is 99.5 cm³/mol. The third-order valence-electron chi connectivity index (χ3n) is 3.30. The molecule has 0 heterocycles. The van der Waals surface area contributed by atoms with E-state index in [4.69, 9.17) is 0 Å². The zero-order chi connectivity index (χ0) is 15.6. The molecule has 0 rings (SSSR count). The Kier molecular flexibility index (Phi) is 6.37. The second-order valence-corrected chi connectivity index (χ2v) is 23.8. The molecule has 0 unspecified atom stereocenters. The molecule has 0 radical (unpaired) electrons. The van der Waals surface area contributed by atoms with Gasteiger partial charge in [-0.1, -0.05) is 77.8 Å². The van der Waals surface area contributed by atoms with Gasteiger partial charge in [-0.3, -0.25) is 0 Å². The van der Waals surface area contributed by atoms with Crippen LogP contribution in [0.2, 0.25) is 58.9 Å². The molecule has 114 valence electrons. The van der Waals surface area contributed by atoms with Crippen molar-refractivity contribution >= 4 is 24.5 Å². The predicted octanol–water partition coefficient (Wildman–Crippen LogP) is 5.91. The molecule has 0 N–H and O–H groups in total. The van der Waals surface area contributed by atoms with Gasteiger partial charge in [-0.05, 0) is 18.7 Å². The van der Waals surface area contributed by atoms with Gasteiger partial charge in [0.2, 0.25) is 0 Å². The molecular formula is C15H37NSi3. The van der Waals surface area contributed by atoms with Gasteiger partial charge in [0, 0.05) is 0 Å². The fraction of sp³-hybridized carbons (Fsp3) is 0.867. The zero-order valence-electron chi connectivity index (χ0n) is 15.4. The summed E-state index contributed by atoms with van der Waals surface area (Å²) in [6.45, 7) is 27.4. The van der Waals surface area contributed by atoms with Crippen LogP contribution in [0.15, 0.2) is 10.9 Å². The Hall–Kier alpha value is 0.191. The lowest BCUT2D eigenvalue weighted by Gasteiger charge is -2.51. The van der Waals surface area contributed by atoms with E-state index in [1.165, 1.54) is 12.8 Å². The van der Waals surface area contributed by atoms with Crippen molar-refractivity contribution in [3.63, 3.8) is 0 Å². The molecule has 0 aliphatic carbocycles. The lowest BCUT2D eigenvalue weighted by Crippen LogP contribution is -2.62. The molecule has 4 heteroatoms. The van der Waals surface area contributed by atoms with Crippen molar-refractivity contribution in [3.05, 3.63) is 10.9 Å². The van der Waals surface area contributed by atoms with E-state index in [0.29, 0.717) is 0 Å². The van der Waals surface area contributed by atoms with E-state index < -0.39 is 24.5 Å². The molecule has 0 aromatic rings. The van der Waals surface area contributed by atoms with Crippen LogP contribution in [0, 0.1) is 0 Å². The molecule has 0 bridgehead atoms. The second kappa shape index (κ2) is 6.31. The standard InChI is InChI=1S/C15H37NSi3/c1-12-13-14(2)15(17(3,4)5)16(18(6,7)8)19(9,10)11/h12-13H2,1-11H3/b15-14+. The Morgan fingerprint density at radius 1 is 0.789 bits per heavy atom. The van der Waals surface area contributed by atoms with Crippen LogP contribution in [0.5, 0.6) is 0 Å². The van der Waals surface area contributed by atoms with Crippen molar-refractivity contribution in [2.24, 2.45) is 0 Å². The summed E-state index contributed by atoms with van der Waals surface area (Å²) in [6, 6.07) is 0. The van der Waals surface area contributed by atoms with Crippen molar-refractivity contribution in [1.29, 1.82) is 0 Å². The van der Waals surface area contributed by atoms with Gasteiger partial charge in [-0.15, -0.1) is 0 Å². The zero-order valence-corrected chi connectivity index (χ0v) is 18.4. The molecular weight excluding hydrogens is 278 g/mol. The quantitative estimate of drug-likeness (QED) is 0.551. The Morgan fingerprint density at radius 3 is 1.37 bits per heavy atom. The summed E-state index contributed by atoms with van der Waals surface area (Å²) in [5, 5.41) is 1.78. The summed E-state index contributed by atoms with van der Waals surface area (Å²) in [6.07, 6.45) is 2.54. The average Bonchev–Trinajstić information content (AvgIpc) is 2.07. The lowest BCUT2D eigenvalue weighted by atomic mass is 10.2. The SMILES string of the molecule is CCC/C(C)=C(\N([Si](C)(C)C)[Si](C)(C)C)[Si](C)(C)C. The molecule has 0 atom stereocenters. The van der Waals surface area contributed by atoms with Gasteiger partial charge in [-0.2, -0.15) is 0 Å². The van der Waals surface area contributed by atoms with Gasteiger partial charge in [-0.25, -0.2) is 0 Å². The molecule has 0 saturated carbocycles. The fourth-order valence-electron chi connectivity index (χ4n) is 3.34. The Labute approximate surface area is 125 Å². The molecule has 1 nitrogen and oxygen atoms in total. The summed E-state index contributed by atoms with van der Waals surface area (Å²) >= 11 is 0.